The van der Waals surface area contributed by atoms with Gasteiger partial charge in [-0.25, -0.2) is 0 Å². The maximum Gasteiger partial charge on any atom is 0.306 e. The van der Waals surface area contributed by atoms with Crippen molar-refractivity contribution >= 4 is 11.9 Å². The lowest BCUT2D eigenvalue weighted by molar-refractivity contribution is -0.142. The lowest BCUT2D eigenvalue weighted by Crippen LogP contribution is -2.36. The van der Waals surface area contributed by atoms with Gasteiger partial charge in [-0.05, 0) is 12.8 Å². The van der Waals surface area contributed by atoms with Crippen molar-refractivity contribution in [2.45, 2.75) is 37.8 Å². The molecule has 0 spiro atoms. The van der Waals surface area contributed by atoms with Crippen LogP contribution in [0.1, 0.15) is 25.7 Å². The van der Waals surface area contributed by atoms with E-state index in [0.717, 1.165) is 12.8 Å². The molecule has 2 fully saturated rings. The van der Waals surface area contributed by atoms with Crippen LogP contribution in [0.4, 0.5) is 0 Å². The highest BCUT2D eigenvalue weighted by Crippen LogP contribution is 2.22. The number of hydrogen-bond acceptors (Lipinski definition) is 3. The van der Waals surface area contributed by atoms with E-state index in [1.165, 1.54) is 0 Å². The number of esters is 1. The topological polar surface area (TPSA) is 55.4 Å². The Morgan fingerprint density at radius 3 is 2.58 bits per heavy atom. The highest BCUT2D eigenvalue weighted by molar-refractivity contribution is 5.79. The van der Waals surface area contributed by atoms with Crippen molar-refractivity contribution in [1.82, 2.24) is 5.32 Å². The molecule has 4 nitrogen and oxygen atoms in total. The van der Waals surface area contributed by atoms with Crippen LogP contribution >= 0.6 is 0 Å². The van der Waals surface area contributed by atoms with Crippen LogP contribution in [0.25, 0.3) is 0 Å². The second-order valence-electron chi connectivity index (χ2n) is 3.28. The summed E-state index contributed by atoms with van der Waals surface area (Å²) >= 11 is 0. The third kappa shape index (κ3) is 1.29. The molecule has 2 heterocycles. The summed E-state index contributed by atoms with van der Waals surface area (Å²) < 4.78 is 5.04. The van der Waals surface area contributed by atoms with Crippen molar-refractivity contribution in [2.75, 3.05) is 0 Å². The molecule has 0 aromatic rings. The molecule has 2 saturated heterocycles. The first kappa shape index (κ1) is 7.58. The average Bonchev–Trinajstić information content (AvgIpc) is 2.58. The lowest BCUT2D eigenvalue weighted by atomic mass is 10.1. The Labute approximate surface area is 70.3 Å². The van der Waals surface area contributed by atoms with Gasteiger partial charge in [-0.1, -0.05) is 0 Å². The third-order valence-electron chi connectivity index (χ3n) is 2.39. The van der Waals surface area contributed by atoms with E-state index in [9.17, 15) is 9.59 Å². The summed E-state index contributed by atoms with van der Waals surface area (Å²) in [7, 11) is 0. The monoisotopic (exact) mass is 169 g/mol. The van der Waals surface area contributed by atoms with Crippen molar-refractivity contribution in [3.05, 3.63) is 0 Å². The van der Waals surface area contributed by atoms with Gasteiger partial charge >= 0.3 is 5.97 Å². The van der Waals surface area contributed by atoms with Gasteiger partial charge in [-0.15, -0.1) is 0 Å². The highest BCUT2D eigenvalue weighted by Gasteiger charge is 2.34. The number of nitrogens with one attached hydrogen (secondary N) is 1. The molecular weight excluding hydrogens is 158 g/mol. The standard InChI is InChI=1S/C8H11NO3/c10-7-3-1-5(9-7)6-2-4-8(11)12-6/h5-6H,1-4H2,(H,9,10)/t5-,6-/m0/s1. The van der Waals surface area contributed by atoms with Gasteiger partial charge in [0.2, 0.25) is 5.91 Å². The summed E-state index contributed by atoms with van der Waals surface area (Å²) in [4.78, 5) is 21.6. The summed E-state index contributed by atoms with van der Waals surface area (Å²) in [6.07, 6.45) is 2.56. The van der Waals surface area contributed by atoms with Crippen LogP contribution in [0.3, 0.4) is 0 Å². The van der Waals surface area contributed by atoms with Gasteiger partial charge < -0.3 is 10.1 Å². The maximum atomic E-state index is 10.8. The minimum atomic E-state index is -0.138. The number of hydrogen-bond donors (Lipinski definition) is 1. The number of carbonyl (C=O) groups excluding carboxylic acids is 2. The normalized spacial score (nSPS) is 35.0. The number of ether oxygens (including phenoxy) is 1. The Hall–Kier alpha value is -1.06. The van der Waals surface area contributed by atoms with E-state index in [1.54, 1.807) is 0 Å². The molecule has 0 saturated carbocycles. The third-order valence-corrected chi connectivity index (χ3v) is 2.39. The number of amides is 1. The summed E-state index contributed by atoms with van der Waals surface area (Å²) in [6.45, 7) is 0. The van der Waals surface area contributed by atoms with Crippen LogP contribution in [0.15, 0.2) is 0 Å². The zero-order valence-corrected chi connectivity index (χ0v) is 6.71. The second-order valence-corrected chi connectivity index (χ2v) is 3.28. The Kier molecular flexibility index (Phi) is 1.75. The van der Waals surface area contributed by atoms with E-state index in [2.05, 4.69) is 5.32 Å². The molecule has 12 heavy (non-hydrogen) atoms. The molecule has 0 unspecified atom stereocenters. The maximum absolute atomic E-state index is 10.8. The lowest BCUT2D eigenvalue weighted by Gasteiger charge is -2.16. The smallest absolute Gasteiger partial charge is 0.306 e. The van der Waals surface area contributed by atoms with Gasteiger partial charge in [0, 0.05) is 12.8 Å². The van der Waals surface area contributed by atoms with Gasteiger partial charge in [0.05, 0.1) is 6.04 Å². The van der Waals surface area contributed by atoms with Crippen LogP contribution in [0.5, 0.6) is 0 Å². The predicted octanol–water partition coefficient (Wildman–Crippen LogP) is -0.0294. The first-order valence-corrected chi connectivity index (χ1v) is 4.24. The van der Waals surface area contributed by atoms with Crippen molar-refractivity contribution in [3.63, 3.8) is 0 Å². The second kappa shape index (κ2) is 2.77. The highest BCUT2D eigenvalue weighted by atomic mass is 16.5. The van der Waals surface area contributed by atoms with Gasteiger partial charge in [0.1, 0.15) is 6.10 Å². The molecule has 2 atom stereocenters. The number of rotatable bonds is 1. The molecule has 2 aliphatic heterocycles. The molecule has 0 radical (unpaired) electrons. The first-order valence-electron chi connectivity index (χ1n) is 4.24. The van der Waals surface area contributed by atoms with Crippen LogP contribution in [0, 0.1) is 0 Å². The van der Waals surface area contributed by atoms with Crippen LogP contribution in [0.2, 0.25) is 0 Å². The zero-order valence-electron chi connectivity index (χ0n) is 6.71. The number of cyclic esters (lactones) is 1. The molecule has 4 heteroatoms. The van der Waals surface area contributed by atoms with Crippen LogP contribution in [-0.2, 0) is 14.3 Å². The fraction of sp³-hybridized carbons (Fsp3) is 0.750. The van der Waals surface area contributed by atoms with Crippen molar-refractivity contribution < 1.29 is 14.3 Å². The molecule has 1 amide bonds. The van der Waals surface area contributed by atoms with E-state index in [0.29, 0.717) is 12.8 Å². The molecule has 66 valence electrons. The molecular formula is C8H11NO3. The molecule has 1 N–H and O–H groups in total. The van der Waals surface area contributed by atoms with E-state index in [-0.39, 0.29) is 24.0 Å². The Bertz CT molecular complexity index is 202. The molecule has 0 aromatic heterocycles. The van der Waals surface area contributed by atoms with Gasteiger partial charge in [-0.3, -0.25) is 9.59 Å². The molecule has 2 aliphatic rings. The minimum Gasteiger partial charge on any atom is -0.460 e. The van der Waals surface area contributed by atoms with Crippen molar-refractivity contribution in [3.8, 4) is 0 Å². The first-order chi connectivity index (χ1) is 5.75. The van der Waals surface area contributed by atoms with E-state index < -0.39 is 0 Å². The van der Waals surface area contributed by atoms with Crippen LogP contribution < -0.4 is 5.32 Å². The molecule has 2 rings (SSSR count). The van der Waals surface area contributed by atoms with Crippen LogP contribution in [-0.4, -0.2) is 24.0 Å². The summed E-state index contributed by atoms with van der Waals surface area (Å²) in [5.41, 5.74) is 0. The molecule has 0 bridgehead atoms. The van der Waals surface area contributed by atoms with E-state index in [1.807, 2.05) is 0 Å². The van der Waals surface area contributed by atoms with Gasteiger partial charge in [0.15, 0.2) is 0 Å². The van der Waals surface area contributed by atoms with Gasteiger partial charge in [-0.2, -0.15) is 0 Å². The zero-order chi connectivity index (χ0) is 8.55. The predicted molar refractivity (Wildman–Crippen MR) is 40.3 cm³/mol. The summed E-state index contributed by atoms with van der Waals surface area (Å²) in [6, 6.07) is 0.0731. The Morgan fingerprint density at radius 1 is 1.25 bits per heavy atom. The molecule has 0 aromatic carbocycles. The fourth-order valence-corrected chi connectivity index (χ4v) is 1.75. The average molecular weight is 169 g/mol. The van der Waals surface area contributed by atoms with Crippen molar-refractivity contribution in [1.29, 1.82) is 0 Å². The fourth-order valence-electron chi connectivity index (χ4n) is 1.75. The quantitative estimate of drug-likeness (QED) is 0.561. The van der Waals surface area contributed by atoms with Crippen molar-refractivity contribution in [2.24, 2.45) is 0 Å². The minimum absolute atomic E-state index is 0.0658. The number of carbonyl (C=O) groups is 2. The summed E-state index contributed by atoms with van der Waals surface area (Å²) in [5.74, 6) is -0.0657. The van der Waals surface area contributed by atoms with E-state index >= 15 is 0 Å². The van der Waals surface area contributed by atoms with E-state index in [4.69, 9.17) is 4.74 Å². The summed E-state index contributed by atoms with van der Waals surface area (Å²) in [5, 5.41) is 2.80. The largest absolute Gasteiger partial charge is 0.460 e. The Morgan fingerprint density at radius 2 is 2.08 bits per heavy atom. The Balaban J connectivity index is 1.93. The molecule has 0 aliphatic carbocycles. The SMILES string of the molecule is O=C1CC[C@@H]([C@@H]2CCC(=O)O2)N1. The van der Waals surface area contributed by atoms with Gasteiger partial charge in [0.25, 0.3) is 0 Å².